The number of amides is 1. The summed E-state index contributed by atoms with van der Waals surface area (Å²) < 4.78 is 15.5. The van der Waals surface area contributed by atoms with Gasteiger partial charge in [-0.2, -0.15) is 0 Å². The molecule has 0 aromatic heterocycles. The number of halogens is 2. The zero-order valence-corrected chi connectivity index (χ0v) is 18.7. The van der Waals surface area contributed by atoms with Gasteiger partial charge in [-0.3, -0.25) is 19.6 Å². The highest BCUT2D eigenvalue weighted by atomic mass is 127. The lowest BCUT2D eigenvalue weighted by Gasteiger charge is -2.42. The van der Waals surface area contributed by atoms with Crippen LogP contribution in [0.1, 0.15) is 17.5 Å². The van der Waals surface area contributed by atoms with Crippen molar-refractivity contribution in [2.24, 2.45) is 4.99 Å². The predicted molar refractivity (Wildman–Crippen MR) is 122 cm³/mol. The Morgan fingerprint density at radius 3 is 2.77 bits per heavy atom. The molecule has 2 aromatic carbocycles. The molecule has 0 N–H and O–H groups in total. The molecule has 5 nitrogen and oxygen atoms in total. The number of benzene rings is 2. The van der Waals surface area contributed by atoms with Crippen LogP contribution in [0.3, 0.4) is 0 Å². The number of rotatable bonds is 4. The SMILES string of the molecule is O=C1C2=C(CCN(Cc3cccc(I)c3)C2)N2CCN=C2N1Cc1ccccc1F. The first kappa shape index (κ1) is 19.7. The Kier molecular flexibility index (Phi) is 5.32. The average Bonchev–Trinajstić information content (AvgIpc) is 3.22. The smallest absolute Gasteiger partial charge is 0.259 e. The summed E-state index contributed by atoms with van der Waals surface area (Å²) in [5.41, 5.74) is 3.68. The molecule has 0 unspecified atom stereocenters. The number of hydrogen-bond acceptors (Lipinski definition) is 4. The van der Waals surface area contributed by atoms with Crippen molar-refractivity contribution >= 4 is 34.5 Å². The van der Waals surface area contributed by atoms with Gasteiger partial charge in [0.25, 0.3) is 5.91 Å². The van der Waals surface area contributed by atoms with Crippen molar-refractivity contribution in [2.75, 3.05) is 26.2 Å². The molecule has 0 fully saturated rings. The van der Waals surface area contributed by atoms with Gasteiger partial charge in [-0.1, -0.05) is 30.3 Å². The normalized spacial score (nSPS) is 19.1. The van der Waals surface area contributed by atoms with E-state index in [1.807, 2.05) is 0 Å². The van der Waals surface area contributed by atoms with Gasteiger partial charge < -0.3 is 4.90 Å². The lowest BCUT2D eigenvalue weighted by molar-refractivity contribution is -0.125. The van der Waals surface area contributed by atoms with Gasteiger partial charge in [-0.05, 0) is 46.4 Å². The molecule has 3 aliphatic heterocycles. The van der Waals surface area contributed by atoms with E-state index in [4.69, 9.17) is 0 Å². The second kappa shape index (κ2) is 8.11. The van der Waals surface area contributed by atoms with Crippen LogP contribution in [0, 0.1) is 9.39 Å². The van der Waals surface area contributed by atoms with Crippen LogP contribution in [0.5, 0.6) is 0 Å². The first-order chi connectivity index (χ1) is 14.6. The summed E-state index contributed by atoms with van der Waals surface area (Å²) in [6, 6.07) is 15.1. The minimum absolute atomic E-state index is 0.0440. The molecular weight excluding hydrogens is 494 g/mol. The predicted octanol–water partition coefficient (Wildman–Crippen LogP) is 3.60. The van der Waals surface area contributed by atoms with Gasteiger partial charge in [-0.15, -0.1) is 0 Å². The summed E-state index contributed by atoms with van der Waals surface area (Å²) in [5.74, 6) is 0.338. The Bertz CT molecular complexity index is 1070. The van der Waals surface area contributed by atoms with E-state index in [9.17, 15) is 9.18 Å². The van der Waals surface area contributed by atoms with Crippen molar-refractivity contribution in [3.8, 4) is 0 Å². The highest BCUT2D eigenvalue weighted by Crippen LogP contribution is 2.32. The van der Waals surface area contributed by atoms with Gasteiger partial charge in [0.15, 0.2) is 0 Å². The van der Waals surface area contributed by atoms with E-state index in [0.717, 1.165) is 37.3 Å². The molecule has 2 aromatic rings. The number of carbonyl (C=O) groups is 1. The molecule has 0 radical (unpaired) electrons. The first-order valence-electron chi connectivity index (χ1n) is 10.2. The third-order valence-corrected chi connectivity index (χ3v) is 6.54. The fraction of sp³-hybridized carbons (Fsp3) is 0.304. The monoisotopic (exact) mass is 516 g/mol. The van der Waals surface area contributed by atoms with E-state index in [-0.39, 0.29) is 18.3 Å². The number of fused-ring (bicyclic) bond motifs is 2. The number of hydrogen-bond donors (Lipinski definition) is 0. The molecule has 0 saturated carbocycles. The van der Waals surface area contributed by atoms with Gasteiger partial charge in [0.1, 0.15) is 5.82 Å². The van der Waals surface area contributed by atoms with E-state index < -0.39 is 0 Å². The van der Waals surface area contributed by atoms with Crippen LogP contribution in [0.4, 0.5) is 4.39 Å². The molecule has 0 aliphatic carbocycles. The van der Waals surface area contributed by atoms with Crippen LogP contribution in [-0.2, 0) is 17.9 Å². The van der Waals surface area contributed by atoms with Crippen molar-refractivity contribution < 1.29 is 9.18 Å². The second-order valence-corrected chi connectivity index (χ2v) is 9.08. The fourth-order valence-electron chi connectivity index (χ4n) is 4.44. The minimum atomic E-state index is -0.292. The molecule has 0 spiro atoms. The van der Waals surface area contributed by atoms with Crippen LogP contribution in [-0.4, -0.2) is 52.7 Å². The number of nitrogens with zero attached hydrogens (tertiary/aromatic N) is 4. The van der Waals surface area contributed by atoms with Crippen molar-refractivity contribution in [1.82, 2.24) is 14.7 Å². The summed E-state index contributed by atoms with van der Waals surface area (Å²) in [4.78, 5) is 24.2. The van der Waals surface area contributed by atoms with Gasteiger partial charge >= 0.3 is 0 Å². The minimum Gasteiger partial charge on any atom is -0.314 e. The van der Waals surface area contributed by atoms with E-state index in [1.54, 1.807) is 23.1 Å². The van der Waals surface area contributed by atoms with Crippen LogP contribution in [0.25, 0.3) is 0 Å². The summed E-state index contributed by atoms with van der Waals surface area (Å²) >= 11 is 2.33. The molecule has 7 heteroatoms. The van der Waals surface area contributed by atoms with Crippen molar-refractivity contribution in [3.63, 3.8) is 0 Å². The number of carbonyl (C=O) groups excluding carboxylic acids is 1. The molecule has 30 heavy (non-hydrogen) atoms. The van der Waals surface area contributed by atoms with Gasteiger partial charge in [0, 0.05) is 47.4 Å². The Morgan fingerprint density at radius 2 is 1.93 bits per heavy atom. The summed E-state index contributed by atoms with van der Waals surface area (Å²) in [6.07, 6.45) is 0.831. The Morgan fingerprint density at radius 1 is 1.07 bits per heavy atom. The zero-order chi connectivity index (χ0) is 20.7. The maximum Gasteiger partial charge on any atom is 0.259 e. The molecule has 0 atom stereocenters. The summed E-state index contributed by atoms with van der Waals surface area (Å²) in [7, 11) is 0. The molecule has 154 valence electrons. The number of aliphatic imine (C=N–C) groups is 1. The molecule has 0 bridgehead atoms. The molecule has 1 amide bonds. The van der Waals surface area contributed by atoms with Gasteiger partial charge in [0.2, 0.25) is 5.96 Å². The number of guanidine groups is 1. The van der Waals surface area contributed by atoms with E-state index in [2.05, 4.69) is 61.6 Å². The fourth-order valence-corrected chi connectivity index (χ4v) is 5.05. The van der Waals surface area contributed by atoms with E-state index in [0.29, 0.717) is 24.6 Å². The maximum atomic E-state index is 14.3. The van der Waals surface area contributed by atoms with Crippen molar-refractivity contribution in [1.29, 1.82) is 0 Å². The quantitative estimate of drug-likeness (QED) is 0.584. The maximum absolute atomic E-state index is 14.3. The van der Waals surface area contributed by atoms with E-state index >= 15 is 0 Å². The Balaban J connectivity index is 1.41. The zero-order valence-electron chi connectivity index (χ0n) is 16.5. The second-order valence-electron chi connectivity index (χ2n) is 7.83. The highest BCUT2D eigenvalue weighted by Gasteiger charge is 2.41. The topological polar surface area (TPSA) is 39.2 Å². The molecule has 3 aliphatic rings. The van der Waals surface area contributed by atoms with Crippen LogP contribution in [0.15, 0.2) is 64.8 Å². The first-order valence-corrected chi connectivity index (χ1v) is 11.2. The lowest BCUT2D eigenvalue weighted by atomic mass is 10.00. The van der Waals surface area contributed by atoms with Gasteiger partial charge in [-0.25, -0.2) is 4.39 Å². The van der Waals surface area contributed by atoms with Gasteiger partial charge in [0.05, 0.1) is 18.7 Å². The van der Waals surface area contributed by atoms with Crippen LogP contribution < -0.4 is 0 Å². The van der Waals surface area contributed by atoms with Crippen LogP contribution in [0.2, 0.25) is 0 Å². The summed E-state index contributed by atoms with van der Waals surface area (Å²) in [6.45, 7) is 3.99. The molecule has 0 saturated heterocycles. The molecular formula is C23H22FIN4O. The van der Waals surface area contributed by atoms with Crippen molar-refractivity contribution in [2.45, 2.75) is 19.5 Å². The third kappa shape index (κ3) is 3.65. The highest BCUT2D eigenvalue weighted by molar-refractivity contribution is 14.1. The van der Waals surface area contributed by atoms with Crippen molar-refractivity contribution in [3.05, 3.63) is 80.3 Å². The van der Waals surface area contributed by atoms with Crippen LogP contribution >= 0.6 is 22.6 Å². The molecule has 3 heterocycles. The Labute approximate surface area is 189 Å². The Hall–Kier alpha value is -2.26. The standard InChI is InChI=1S/C23H22FIN4O/c24-20-7-2-1-5-17(20)14-29-22(30)19-15-27(13-16-4-3-6-18(25)12-16)10-8-21(19)28-11-9-26-23(28)29/h1-7,12H,8-11,13-15H2. The average molecular weight is 516 g/mol. The largest absolute Gasteiger partial charge is 0.314 e. The third-order valence-electron chi connectivity index (χ3n) is 5.87. The lowest BCUT2D eigenvalue weighted by Crippen LogP contribution is -2.53. The van der Waals surface area contributed by atoms with E-state index in [1.165, 1.54) is 15.2 Å². The summed E-state index contributed by atoms with van der Waals surface area (Å²) in [5, 5.41) is 0. The molecule has 5 rings (SSSR count).